The van der Waals surface area contributed by atoms with E-state index >= 15 is 0 Å². The molecule has 0 bridgehead atoms. The van der Waals surface area contributed by atoms with Gasteiger partial charge in [-0.1, -0.05) is 0 Å². The number of rotatable bonds is 1. The number of hydrogen-bond donors (Lipinski definition) is 4. The number of nitrogens with two attached hydrogens (primary N) is 2. The Kier molecular flexibility index (Phi) is 0.611. The average Bonchev–Trinajstić information content (AvgIpc) is 2.22. The molecule has 0 saturated carbocycles. The van der Waals surface area contributed by atoms with Crippen molar-refractivity contribution < 1.29 is 0 Å². The monoisotopic (exact) mass is 88.1 g/mol. The van der Waals surface area contributed by atoms with Crippen LogP contribution in [0.5, 0.6) is 0 Å². The van der Waals surface area contributed by atoms with Crippen LogP contribution >= 0.6 is 0 Å². The molecule has 1 saturated heterocycles. The Morgan fingerprint density at radius 3 is 2.00 bits per heavy atom. The predicted molar refractivity (Wildman–Crippen MR) is 22.2 cm³/mol. The predicted octanol–water partition coefficient (Wildman–Crippen LogP) is -2.33. The first-order chi connectivity index (χ1) is 2.77. The van der Waals surface area contributed by atoms with E-state index in [1.807, 2.05) is 0 Å². The van der Waals surface area contributed by atoms with E-state index in [9.17, 15) is 0 Å². The molecule has 36 valence electrons. The van der Waals surface area contributed by atoms with Crippen molar-refractivity contribution in [2.24, 2.45) is 11.5 Å². The summed E-state index contributed by atoms with van der Waals surface area (Å²) >= 11 is 0. The largest absolute Gasteiger partial charge is 0.326 e. The zero-order valence-corrected chi connectivity index (χ0v) is 3.36. The summed E-state index contributed by atoms with van der Waals surface area (Å²) in [6.07, 6.45) is 0. The summed E-state index contributed by atoms with van der Waals surface area (Å²) in [7, 11) is 0. The average molecular weight is 88.1 g/mol. The van der Waals surface area contributed by atoms with Crippen LogP contribution in [0.3, 0.4) is 0 Å². The zero-order valence-electron chi connectivity index (χ0n) is 3.36. The van der Waals surface area contributed by atoms with Crippen molar-refractivity contribution in [2.75, 3.05) is 6.54 Å². The molecule has 0 atom stereocenters. The van der Waals surface area contributed by atoms with Crippen molar-refractivity contribution in [1.29, 1.82) is 0 Å². The second kappa shape index (κ2) is 0.913. The maximum absolute atomic E-state index is 5.30. The summed E-state index contributed by atoms with van der Waals surface area (Å²) in [6.45, 7) is 0.438. The van der Waals surface area contributed by atoms with Crippen molar-refractivity contribution in [3.8, 4) is 0 Å². The molecule has 0 aromatic rings. The van der Waals surface area contributed by atoms with Crippen LogP contribution in [0, 0.1) is 0 Å². The quantitative estimate of drug-likeness (QED) is 0.270. The van der Waals surface area contributed by atoms with Crippen molar-refractivity contribution in [3.63, 3.8) is 0 Å². The first-order valence-corrected chi connectivity index (χ1v) is 1.80. The molecule has 1 heterocycles. The minimum Gasteiger partial charge on any atom is -0.326 e. The van der Waals surface area contributed by atoms with Gasteiger partial charge >= 0.3 is 0 Å². The Morgan fingerprint density at radius 1 is 1.50 bits per heavy atom. The third-order valence-electron chi connectivity index (χ3n) is 0.768. The van der Waals surface area contributed by atoms with Crippen LogP contribution in [0.25, 0.3) is 0 Å². The van der Waals surface area contributed by atoms with E-state index in [4.69, 9.17) is 11.5 Å². The van der Waals surface area contributed by atoms with Gasteiger partial charge < -0.3 is 5.73 Å². The molecule has 4 heteroatoms. The lowest BCUT2D eigenvalue weighted by molar-refractivity contribution is 0.648. The highest BCUT2D eigenvalue weighted by atomic mass is 15.7. The van der Waals surface area contributed by atoms with E-state index in [1.54, 1.807) is 0 Å². The van der Waals surface area contributed by atoms with E-state index in [2.05, 4.69) is 10.9 Å². The lowest BCUT2D eigenvalue weighted by Gasteiger charge is -1.93. The lowest BCUT2D eigenvalue weighted by Crippen LogP contribution is -2.38. The molecule has 1 aliphatic heterocycles. The van der Waals surface area contributed by atoms with Gasteiger partial charge in [0, 0.05) is 6.54 Å². The Hall–Kier alpha value is -0.160. The van der Waals surface area contributed by atoms with Crippen molar-refractivity contribution in [1.82, 2.24) is 10.9 Å². The Labute approximate surface area is 35.8 Å². The molecule has 6 heavy (non-hydrogen) atoms. The van der Waals surface area contributed by atoms with Gasteiger partial charge in [-0.25, -0.2) is 10.9 Å². The second-order valence-corrected chi connectivity index (χ2v) is 1.43. The summed E-state index contributed by atoms with van der Waals surface area (Å²) in [4.78, 5) is 0. The van der Waals surface area contributed by atoms with Crippen LogP contribution in [0.2, 0.25) is 0 Å². The smallest absolute Gasteiger partial charge is 0.159 e. The molecule has 4 nitrogen and oxygen atoms in total. The van der Waals surface area contributed by atoms with E-state index in [0.717, 1.165) is 0 Å². The van der Waals surface area contributed by atoms with Crippen molar-refractivity contribution in [2.45, 2.75) is 5.79 Å². The Bertz CT molecular complexity index is 56.6. The second-order valence-electron chi connectivity index (χ2n) is 1.43. The van der Waals surface area contributed by atoms with E-state index in [-0.39, 0.29) is 0 Å². The molecule has 0 unspecified atom stereocenters. The normalized spacial score (nSPS) is 27.0. The fraction of sp³-hybridized carbons (Fsp3) is 1.00. The van der Waals surface area contributed by atoms with Gasteiger partial charge in [-0.3, -0.25) is 5.73 Å². The summed E-state index contributed by atoms with van der Waals surface area (Å²) in [5.41, 5.74) is 15.7. The van der Waals surface area contributed by atoms with Gasteiger partial charge in [0.15, 0.2) is 5.79 Å². The standard InChI is InChI=1S/C2H8N4/c3-1-2(4)5-6-2/h5-6H,1,3-4H2. The molecule has 0 aromatic carbocycles. The number of hydrazine groups is 1. The highest BCUT2D eigenvalue weighted by Crippen LogP contribution is 1.92. The molecular weight excluding hydrogens is 80.0 g/mol. The topological polar surface area (TPSA) is 95.9 Å². The molecule has 0 spiro atoms. The van der Waals surface area contributed by atoms with Gasteiger partial charge in [0.2, 0.25) is 0 Å². The van der Waals surface area contributed by atoms with Crippen LogP contribution in [0.1, 0.15) is 0 Å². The molecule has 0 aromatic heterocycles. The molecule has 1 fully saturated rings. The molecule has 6 N–H and O–H groups in total. The van der Waals surface area contributed by atoms with Crippen LogP contribution in [0.15, 0.2) is 0 Å². The number of hydrogen-bond acceptors (Lipinski definition) is 4. The Morgan fingerprint density at radius 2 is 2.00 bits per heavy atom. The molecule has 0 radical (unpaired) electrons. The van der Waals surface area contributed by atoms with Gasteiger partial charge in [-0.15, -0.1) is 0 Å². The maximum Gasteiger partial charge on any atom is 0.159 e. The van der Waals surface area contributed by atoms with E-state index in [1.165, 1.54) is 0 Å². The molecule has 1 aliphatic rings. The molecule has 1 rings (SSSR count). The number of nitrogens with one attached hydrogen (secondary N) is 2. The van der Waals surface area contributed by atoms with Crippen LogP contribution in [-0.4, -0.2) is 12.3 Å². The lowest BCUT2D eigenvalue weighted by atomic mass is 10.5. The highest BCUT2D eigenvalue weighted by molar-refractivity contribution is 4.87. The third-order valence-corrected chi connectivity index (χ3v) is 0.768. The van der Waals surface area contributed by atoms with Crippen molar-refractivity contribution >= 4 is 0 Å². The van der Waals surface area contributed by atoms with Crippen LogP contribution < -0.4 is 22.3 Å². The third kappa shape index (κ3) is 0.504. The Balaban J connectivity index is 2.28. The van der Waals surface area contributed by atoms with Crippen molar-refractivity contribution in [3.05, 3.63) is 0 Å². The van der Waals surface area contributed by atoms with Gasteiger partial charge in [0.25, 0.3) is 0 Å². The van der Waals surface area contributed by atoms with Crippen LogP contribution in [-0.2, 0) is 0 Å². The van der Waals surface area contributed by atoms with Crippen LogP contribution in [0.4, 0.5) is 0 Å². The fourth-order valence-electron chi connectivity index (χ4n) is 0.182. The van der Waals surface area contributed by atoms with E-state index < -0.39 is 5.79 Å². The molecule has 0 aliphatic carbocycles. The summed E-state index contributed by atoms with van der Waals surface area (Å²) in [6, 6.07) is 0. The summed E-state index contributed by atoms with van der Waals surface area (Å²) in [5, 5.41) is 0. The maximum atomic E-state index is 5.30. The van der Waals surface area contributed by atoms with Gasteiger partial charge in [-0.2, -0.15) is 0 Å². The first-order valence-electron chi connectivity index (χ1n) is 1.80. The fourth-order valence-corrected chi connectivity index (χ4v) is 0.182. The summed E-state index contributed by atoms with van der Waals surface area (Å²) < 4.78 is 0. The SMILES string of the molecule is NCC1(N)NN1. The first kappa shape index (κ1) is 4.01. The van der Waals surface area contributed by atoms with Gasteiger partial charge in [0.05, 0.1) is 0 Å². The minimum absolute atomic E-state index is 0.431. The highest BCUT2D eigenvalue weighted by Gasteiger charge is 2.34. The molecule has 0 amide bonds. The summed E-state index contributed by atoms with van der Waals surface area (Å²) in [5.74, 6) is -0.431. The minimum atomic E-state index is -0.431. The van der Waals surface area contributed by atoms with E-state index in [0.29, 0.717) is 6.54 Å². The van der Waals surface area contributed by atoms with Gasteiger partial charge in [0.1, 0.15) is 0 Å². The molecular formula is C2H8N4. The van der Waals surface area contributed by atoms with Gasteiger partial charge in [-0.05, 0) is 0 Å². The zero-order chi connectivity index (χ0) is 4.62.